The molecule has 0 bridgehead atoms. The average Bonchev–Trinajstić information content (AvgIpc) is 2.54. The van der Waals surface area contributed by atoms with E-state index in [1.807, 2.05) is 0 Å². The fourth-order valence-corrected chi connectivity index (χ4v) is 3.32. The Morgan fingerprint density at radius 3 is 2.58 bits per heavy atom. The molecular weight excluding hydrogens is 334 g/mol. The zero-order chi connectivity index (χ0) is 18.0. The lowest BCUT2D eigenvalue weighted by Gasteiger charge is -2.36. The zero-order valence-corrected chi connectivity index (χ0v) is 14.2. The van der Waals surface area contributed by atoms with Crippen molar-refractivity contribution in [2.24, 2.45) is 5.92 Å². The van der Waals surface area contributed by atoms with Crippen LogP contribution in [0.4, 0.5) is 0 Å². The summed E-state index contributed by atoms with van der Waals surface area (Å²) < 4.78 is 0. The second-order valence-corrected chi connectivity index (χ2v) is 7.00. The van der Waals surface area contributed by atoms with Crippen LogP contribution in [0.15, 0.2) is 12.1 Å². The summed E-state index contributed by atoms with van der Waals surface area (Å²) in [7, 11) is 0. The van der Waals surface area contributed by atoms with Gasteiger partial charge in [-0.15, -0.1) is 0 Å². The van der Waals surface area contributed by atoms with E-state index < -0.39 is 17.9 Å². The number of carboxylic acids is 1. The fraction of sp³-hybridized carbons (Fsp3) is 0.438. The van der Waals surface area contributed by atoms with Crippen molar-refractivity contribution in [3.05, 3.63) is 23.3 Å². The van der Waals surface area contributed by atoms with E-state index in [4.69, 9.17) is 0 Å². The molecule has 1 heterocycles. The fourth-order valence-electron chi connectivity index (χ4n) is 2.69. The van der Waals surface area contributed by atoms with Crippen molar-refractivity contribution in [3.8, 4) is 11.5 Å². The van der Waals surface area contributed by atoms with Crippen LogP contribution in [0, 0.1) is 5.92 Å². The summed E-state index contributed by atoms with van der Waals surface area (Å²) in [5, 5.41) is 28.9. The third-order valence-electron chi connectivity index (χ3n) is 4.00. The van der Waals surface area contributed by atoms with Gasteiger partial charge >= 0.3 is 5.97 Å². The highest BCUT2D eigenvalue weighted by Crippen LogP contribution is 2.37. The Labute approximate surface area is 143 Å². The largest absolute Gasteiger partial charge is 0.504 e. The van der Waals surface area contributed by atoms with Gasteiger partial charge in [0.15, 0.2) is 16.6 Å². The standard InChI is InChI=1S/C16H19NO6S/c1-8(7-24-9(2)18)15(21)17-6-10-3-4-13(19)14(20)11(10)5-12(17)16(22)23/h3-4,8,12,19-20H,5-7H2,1-2H3,(H,22,23). The summed E-state index contributed by atoms with van der Waals surface area (Å²) in [5.74, 6) is -2.41. The predicted octanol–water partition coefficient (Wildman–Crippen LogP) is 1.35. The number of benzene rings is 1. The van der Waals surface area contributed by atoms with E-state index >= 15 is 0 Å². The molecule has 1 amide bonds. The number of carbonyl (C=O) groups is 3. The SMILES string of the molecule is CC(=O)SCC(C)C(=O)N1Cc2ccc(O)c(O)c2CC1C(=O)O. The van der Waals surface area contributed by atoms with Crippen molar-refractivity contribution in [3.63, 3.8) is 0 Å². The van der Waals surface area contributed by atoms with Gasteiger partial charge in [0.2, 0.25) is 5.91 Å². The lowest BCUT2D eigenvalue weighted by Crippen LogP contribution is -2.50. The molecule has 7 nitrogen and oxygen atoms in total. The van der Waals surface area contributed by atoms with Crippen LogP contribution >= 0.6 is 11.8 Å². The Hall–Kier alpha value is -2.22. The van der Waals surface area contributed by atoms with Crippen LogP contribution in [0.5, 0.6) is 11.5 Å². The van der Waals surface area contributed by atoms with Gasteiger partial charge in [0, 0.05) is 37.1 Å². The third-order valence-corrected chi connectivity index (χ3v) is 5.07. The van der Waals surface area contributed by atoms with Crippen LogP contribution in [0.1, 0.15) is 25.0 Å². The van der Waals surface area contributed by atoms with Crippen LogP contribution in [0.3, 0.4) is 0 Å². The van der Waals surface area contributed by atoms with Crippen molar-refractivity contribution in [1.82, 2.24) is 4.90 Å². The summed E-state index contributed by atoms with van der Waals surface area (Å²) in [6.45, 7) is 3.10. The van der Waals surface area contributed by atoms with Crippen LogP contribution in [-0.4, -0.2) is 49.0 Å². The first-order valence-electron chi connectivity index (χ1n) is 7.41. The second kappa shape index (κ2) is 7.12. The smallest absolute Gasteiger partial charge is 0.326 e. The van der Waals surface area contributed by atoms with Gasteiger partial charge in [-0.1, -0.05) is 24.8 Å². The van der Waals surface area contributed by atoms with Gasteiger partial charge in [-0.3, -0.25) is 9.59 Å². The third kappa shape index (κ3) is 3.64. The minimum absolute atomic E-state index is 0.0358. The number of phenols is 2. The topological polar surface area (TPSA) is 115 Å². The highest BCUT2D eigenvalue weighted by molar-refractivity contribution is 8.13. The Kier molecular flexibility index (Phi) is 5.38. The van der Waals surface area contributed by atoms with Crippen LogP contribution in [-0.2, 0) is 27.3 Å². The van der Waals surface area contributed by atoms with Gasteiger partial charge in [0.05, 0.1) is 0 Å². The molecule has 1 aromatic carbocycles. The molecule has 0 aromatic heterocycles. The number of carbonyl (C=O) groups excluding carboxylic acids is 2. The summed E-state index contributed by atoms with van der Waals surface area (Å²) in [6.07, 6.45) is -0.0801. The molecule has 0 aliphatic carbocycles. The highest BCUT2D eigenvalue weighted by atomic mass is 32.2. The predicted molar refractivity (Wildman–Crippen MR) is 87.8 cm³/mol. The van der Waals surface area contributed by atoms with Crippen molar-refractivity contribution in [1.29, 1.82) is 0 Å². The number of hydrogen-bond donors (Lipinski definition) is 3. The molecule has 3 N–H and O–H groups in total. The van der Waals surface area contributed by atoms with Crippen molar-refractivity contribution in [2.75, 3.05) is 5.75 Å². The Morgan fingerprint density at radius 2 is 2.00 bits per heavy atom. The second-order valence-electron chi connectivity index (χ2n) is 5.80. The molecule has 1 aromatic rings. The Balaban J connectivity index is 2.28. The molecule has 24 heavy (non-hydrogen) atoms. The Bertz CT molecular complexity index is 689. The summed E-state index contributed by atoms with van der Waals surface area (Å²) >= 11 is 1.02. The number of amides is 1. The van der Waals surface area contributed by atoms with Crippen molar-refractivity contribution >= 4 is 28.8 Å². The lowest BCUT2D eigenvalue weighted by molar-refractivity contribution is -0.152. The molecular formula is C16H19NO6S. The van der Waals surface area contributed by atoms with E-state index in [1.165, 1.54) is 17.9 Å². The molecule has 1 aliphatic rings. The number of aromatic hydroxyl groups is 2. The molecule has 1 aliphatic heterocycles. The molecule has 2 atom stereocenters. The number of phenolic OH excluding ortho intramolecular Hbond substituents is 2. The van der Waals surface area contributed by atoms with Crippen LogP contribution in [0.2, 0.25) is 0 Å². The quantitative estimate of drug-likeness (QED) is 0.700. The van der Waals surface area contributed by atoms with E-state index in [0.29, 0.717) is 11.1 Å². The molecule has 0 fully saturated rings. The molecule has 8 heteroatoms. The summed E-state index contributed by atoms with van der Waals surface area (Å²) in [6, 6.07) is 1.76. The minimum atomic E-state index is -1.18. The monoisotopic (exact) mass is 353 g/mol. The summed E-state index contributed by atoms with van der Waals surface area (Å²) in [5.41, 5.74) is 0.944. The number of carboxylic acid groups (broad SMARTS) is 1. The van der Waals surface area contributed by atoms with Crippen molar-refractivity contribution in [2.45, 2.75) is 32.9 Å². The minimum Gasteiger partial charge on any atom is -0.504 e. The average molecular weight is 353 g/mol. The molecule has 130 valence electrons. The van der Waals surface area contributed by atoms with E-state index in [1.54, 1.807) is 13.0 Å². The van der Waals surface area contributed by atoms with Crippen LogP contribution in [0.25, 0.3) is 0 Å². The molecule has 0 radical (unpaired) electrons. The van der Waals surface area contributed by atoms with Gasteiger partial charge in [-0.25, -0.2) is 4.79 Å². The number of thioether (sulfide) groups is 1. The van der Waals surface area contributed by atoms with Crippen LogP contribution < -0.4 is 0 Å². The van der Waals surface area contributed by atoms with E-state index in [-0.39, 0.29) is 41.2 Å². The number of hydrogen-bond acceptors (Lipinski definition) is 6. The van der Waals surface area contributed by atoms with Gasteiger partial charge in [0.1, 0.15) is 6.04 Å². The molecule has 2 rings (SSSR count). The van der Waals surface area contributed by atoms with Gasteiger partial charge < -0.3 is 20.2 Å². The Morgan fingerprint density at radius 1 is 1.33 bits per heavy atom. The molecule has 0 saturated carbocycles. The maximum atomic E-state index is 12.6. The normalized spacial score (nSPS) is 17.9. The van der Waals surface area contributed by atoms with Gasteiger partial charge in [-0.2, -0.15) is 0 Å². The highest BCUT2D eigenvalue weighted by Gasteiger charge is 2.37. The zero-order valence-electron chi connectivity index (χ0n) is 13.4. The van der Waals surface area contributed by atoms with E-state index in [0.717, 1.165) is 11.8 Å². The first-order chi connectivity index (χ1) is 11.2. The van der Waals surface area contributed by atoms with Gasteiger partial charge in [0.25, 0.3) is 0 Å². The first-order valence-corrected chi connectivity index (χ1v) is 8.40. The van der Waals surface area contributed by atoms with E-state index in [9.17, 15) is 29.7 Å². The number of aliphatic carboxylic acids is 1. The number of fused-ring (bicyclic) bond motifs is 1. The van der Waals surface area contributed by atoms with Gasteiger partial charge in [-0.05, 0) is 11.6 Å². The maximum absolute atomic E-state index is 12.6. The molecule has 2 unspecified atom stereocenters. The summed E-state index contributed by atoms with van der Waals surface area (Å²) in [4.78, 5) is 36.5. The first kappa shape index (κ1) is 18.1. The number of rotatable bonds is 4. The van der Waals surface area contributed by atoms with E-state index in [2.05, 4.69) is 0 Å². The lowest BCUT2D eigenvalue weighted by atomic mass is 9.91. The number of nitrogens with zero attached hydrogens (tertiary/aromatic N) is 1. The molecule has 0 spiro atoms. The van der Waals surface area contributed by atoms with Crippen molar-refractivity contribution < 1.29 is 29.7 Å². The maximum Gasteiger partial charge on any atom is 0.326 e. The molecule has 0 saturated heterocycles.